The fourth-order valence-corrected chi connectivity index (χ4v) is 2.91. The quantitative estimate of drug-likeness (QED) is 0.759. The van der Waals surface area contributed by atoms with Gasteiger partial charge in [0.2, 0.25) is 0 Å². The molecule has 0 amide bonds. The third-order valence-corrected chi connectivity index (χ3v) is 3.91. The summed E-state index contributed by atoms with van der Waals surface area (Å²) < 4.78 is 14.2. The van der Waals surface area contributed by atoms with Gasteiger partial charge in [-0.15, -0.1) is 0 Å². The normalized spacial score (nSPS) is 19.5. The maximum absolute atomic E-state index is 14.2. The van der Waals surface area contributed by atoms with Gasteiger partial charge < -0.3 is 4.90 Å². The second-order valence-corrected chi connectivity index (χ2v) is 5.35. The molecule has 0 bridgehead atoms. The third-order valence-electron chi connectivity index (χ3n) is 3.91. The average molecular weight is 263 g/mol. The van der Waals surface area contributed by atoms with Gasteiger partial charge in [-0.2, -0.15) is 0 Å². The Hall–Kier alpha value is -1.38. The molecule has 0 saturated carbocycles. The standard InChI is InChI=1S/C16H22FNO/c1-3-6-14-7-4-5-10-18(14)16-9-8-13(12(2)19)11-15(16)17/h8-9,11,14H,3-7,10H2,1-2H3. The Morgan fingerprint density at radius 3 is 2.84 bits per heavy atom. The minimum atomic E-state index is -0.268. The molecule has 1 saturated heterocycles. The highest BCUT2D eigenvalue weighted by Gasteiger charge is 2.24. The summed E-state index contributed by atoms with van der Waals surface area (Å²) in [6, 6.07) is 5.31. The Morgan fingerprint density at radius 2 is 2.21 bits per heavy atom. The van der Waals surface area contributed by atoms with E-state index in [1.807, 2.05) is 0 Å². The summed E-state index contributed by atoms with van der Waals surface area (Å²) in [4.78, 5) is 13.5. The predicted molar refractivity (Wildman–Crippen MR) is 76.3 cm³/mol. The van der Waals surface area contributed by atoms with Crippen LogP contribution in [-0.4, -0.2) is 18.4 Å². The van der Waals surface area contributed by atoms with E-state index in [-0.39, 0.29) is 11.6 Å². The number of piperidine rings is 1. The first-order chi connectivity index (χ1) is 9.13. The molecule has 1 fully saturated rings. The number of halogens is 1. The molecule has 1 aromatic rings. The zero-order valence-electron chi connectivity index (χ0n) is 11.8. The molecule has 1 aliphatic rings. The molecular weight excluding hydrogens is 241 g/mol. The minimum absolute atomic E-state index is 0.0887. The van der Waals surface area contributed by atoms with E-state index in [4.69, 9.17) is 0 Å². The largest absolute Gasteiger partial charge is 0.366 e. The van der Waals surface area contributed by atoms with Gasteiger partial charge in [0, 0.05) is 18.2 Å². The average Bonchev–Trinajstić information content (AvgIpc) is 2.40. The summed E-state index contributed by atoms with van der Waals surface area (Å²) in [5, 5.41) is 0. The molecule has 0 radical (unpaired) electrons. The predicted octanol–water partition coefficient (Wildman–Crippen LogP) is 4.19. The molecule has 2 nitrogen and oxygen atoms in total. The zero-order chi connectivity index (χ0) is 13.8. The van der Waals surface area contributed by atoms with Gasteiger partial charge in [0.05, 0.1) is 5.69 Å². The van der Waals surface area contributed by atoms with Crippen LogP contribution >= 0.6 is 0 Å². The number of anilines is 1. The zero-order valence-corrected chi connectivity index (χ0v) is 11.8. The van der Waals surface area contributed by atoms with E-state index in [0.29, 0.717) is 17.3 Å². The van der Waals surface area contributed by atoms with E-state index >= 15 is 0 Å². The lowest BCUT2D eigenvalue weighted by molar-refractivity contribution is 0.101. The Morgan fingerprint density at radius 1 is 1.42 bits per heavy atom. The maximum atomic E-state index is 14.2. The van der Waals surface area contributed by atoms with Crippen LogP contribution in [0.2, 0.25) is 0 Å². The Kier molecular flexibility index (Phi) is 4.56. The molecule has 1 aliphatic heterocycles. The van der Waals surface area contributed by atoms with E-state index in [1.54, 1.807) is 12.1 Å². The lowest BCUT2D eigenvalue weighted by Crippen LogP contribution is -2.40. The van der Waals surface area contributed by atoms with Gasteiger partial charge in [-0.05, 0) is 50.8 Å². The van der Waals surface area contributed by atoms with Crippen molar-refractivity contribution in [2.24, 2.45) is 0 Å². The fourth-order valence-electron chi connectivity index (χ4n) is 2.91. The number of nitrogens with zero attached hydrogens (tertiary/aromatic N) is 1. The first kappa shape index (κ1) is 14.0. The second kappa shape index (κ2) is 6.18. The van der Waals surface area contributed by atoms with Crippen LogP contribution < -0.4 is 4.90 Å². The molecule has 2 rings (SSSR count). The molecule has 0 aromatic heterocycles. The molecule has 104 valence electrons. The molecule has 0 spiro atoms. The Bertz CT molecular complexity index is 456. The van der Waals surface area contributed by atoms with Gasteiger partial charge in [0.1, 0.15) is 5.82 Å². The molecule has 19 heavy (non-hydrogen) atoms. The van der Waals surface area contributed by atoms with Crippen molar-refractivity contribution in [3.8, 4) is 0 Å². The number of rotatable bonds is 4. The van der Waals surface area contributed by atoms with Crippen molar-refractivity contribution < 1.29 is 9.18 Å². The fraction of sp³-hybridized carbons (Fsp3) is 0.562. The van der Waals surface area contributed by atoms with E-state index < -0.39 is 0 Å². The van der Waals surface area contributed by atoms with E-state index in [2.05, 4.69) is 11.8 Å². The molecular formula is C16H22FNO. The van der Waals surface area contributed by atoms with Crippen LogP contribution in [0.3, 0.4) is 0 Å². The van der Waals surface area contributed by atoms with E-state index in [0.717, 1.165) is 32.2 Å². The van der Waals surface area contributed by atoms with Gasteiger partial charge in [0.25, 0.3) is 0 Å². The highest BCUT2D eigenvalue weighted by molar-refractivity contribution is 5.94. The number of hydrogen-bond acceptors (Lipinski definition) is 2. The molecule has 1 aromatic carbocycles. The first-order valence-electron chi connectivity index (χ1n) is 7.20. The monoisotopic (exact) mass is 263 g/mol. The van der Waals surface area contributed by atoms with Crippen molar-refractivity contribution in [3.05, 3.63) is 29.6 Å². The van der Waals surface area contributed by atoms with Crippen LogP contribution in [0.4, 0.5) is 10.1 Å². The van der Waals surface area contributed by atoms with Crippen LogP contribution in [0.25, 0.3) is 0 Å². The van der Waals surface area contributed by atoms with Crippen LogP contribution in [0, 0.1) is 5.82 Å². The van der Waals surface area contributed by atoms with Gasteiger partial charge in [-0.25, -0.2) is 4.39 Å². The molecule has 1 unspecified atom stereocenters. The van der Waals surface area contributed by atoms with Crippen molar-refractivity contribution >= 4 is 11.5 Å². The lowest BCUT2D eigenvalue weighted by Gasteiger charge is -2.37. The van der Waals surface area contributed by atoms with Crippen molar-refractivity contribution in [2.75, 3.05) is 11.4 Å². The smallest absolute Gasteiger partial charge is 0.159 e. The van der Waals surface area contributed by atoms with Crippen LogP contribution in [0.15, 0.2) is 18.2 Å². The third kappa shape index (κ3) is 3.14. The second-order valence-electron chi connectivity index (χ2n) is 5.35. The van der Waals surface area contributed by atoms with Gasteiger partial charge >= 0.3 is 0 Å². The Balaban J connectivity index is 2.26. The summed E-state index contributed by atoms with van der Waals surface area (Å²) in [5.74, 6) is -0.357. The molecule has 1 atom stereocenters. The van der Waals surface area contributed by atoms with Crippen molar-refractivity contribution in [3.63, 3.8) is 0 Å². The number of ketones is 1. The summed E-state index contributed by atoms with van der Waals surface area (Å²) in [7, 11) is 0. The molecule has 0 aliphatic carbocycles. The number of carbonyl (C=O) groups is 1. The van der Waals surface area contributed by atoms with Crippen LogP contribution in [-0.2, 0) is 0 Å². The van der Waals surface area contributed by atoms with E-state index in [9.17, 15) is 9.18 Å². The maximum Gasteiger partial charge on any atom is 0.159 e. The number of carbonyl (C=O) groups excluding carboxylic acids is 1. The van der Waals surface area contributed by atoms with E-state index in [1.165, 1.54) is 19.4 Å². The Labute approximate surface area is 114 Å². The number of hydrogen-bond donors (Lipinski definition) is 0. The van der Waals surface area contributed by atoms with Gasteiger partial charge in [-0.1, -0.05) is 13.3 Å². The first-order valence-corrected chi connectivity index (χ1v) is 7.20. The summed E-state index contributed by atoms with van der Waals surface area (Å²) in [6.45, 7) is 4.55. The van der Waals surface area contributed by atoms with Crippen molar-refractivity contribution in [1.29, 1.82) is 0 Å². The van der Waals surface area contributed by atoms with Crippen molar-refractivity contribution in [1.82, 2.24) is 0 Å². The summed E-state index contributed by atoms with van der Waals surface area (Å²) in [6.07, 6.45) is 5.71. The number of Topliss-reactive ketones (excluding diaryl/α,β-unsaturated/α-hetero) is 1. The molecule has 3 heteroatoms. The molecule has 0 N–H and O–H groups in total. The van der Waals surface area contributed by atoms with Crippen molar-refractivity contribution in [2.45, 2.75) is 52.0 Å². The van der Waals surface area contributed by atoms with Gasteiger partial charge in [-0.3, -0.25) is 4.79 Å². The topological polar surface area (TPSA) is 20.3 Å². The number of benzene rings is 1. The highest BCUT2D eigenvalue weighted by atomic mass is 19.1. The highest BCUT2D eigenvalue weighted by Crippen LogP contribution is 2.29. The summed E-state index contributed by atoms with van der Waals surface area (Å²) in [5.41, 5.74) is 1.11. The summed E-state index contributed by atoms with van der Waals surface area (Å²) >= 11 is 0. The lowest BCUT2D eigenvalue weighted by atomic mass is 9.97. The SMILES string of the molecule is CCCC1CCCCN1c1ccc(C(C)=O)cc1F. The van der Waals surface area contributed by atoms with Crippen LogP contribution in [0.1, 0.15) is 56.3 Å². The van der Waals surface area contributed by atoms with Gasteiger partial charge in [0.15, 0.2) is 5.78 Å². The minimum Gasteiger partial charge on any atom is -0.366 e. The van der Waals surface area contributed by atoms with Crippen LogP contribution in [0.5, 0.6) is 0 Å². The molecule has 1 heterocycles.